The zero-order valence-electron chi connectivity index (χ0n) is 7.79. The minimum Gasteiger partial charge on any atom is -0.469 e. The third-order valence-electron chi connectivity index (χ3n) is 2.24. The smallest absolute Gasteiger partial charge is 0.308 e. The Labute approximate surface area is 81.1 Å². The van der Waals surface area contributed by atoms with Crippen molar-refractivity contribution in [3.8, 4) is 0 Å². The molecule has 0 aliphatic carbocycles. The fourth-order valence-electron chi connectivity index (χ4n) is 1.39. The van der Waals surface area contributed by atoms with Gasteiger partial charge in [0.2, 0.25) is 0 Å². The molecule has 0 aromatic carbocycles. The Hall–Kier alpha value is -0.690. The van der Waals surface area contributed by atoms with E-state index < -0.39 is 37.0 Å². The predicted octanol–water partition coefficient (Wildman–Crippen LogP) is -1.97. The first kappa shape index (κ1) is 11.4. The van der Waals surface area contributed by atoms with Gasteiger partial charge in [0.1, 0.15) is 18.3 Å². The highest BCUT2D eigenvalue weighted by molar-refractivity contribution is 5.69. The number of methoxy groups -OCH3 is 1. The van der Waals surface area contributed by atoms with Crippen molar-refractivity contribution < 1.29 is 29.6 Å². The van der Waals surface area contributed by atoms with E-state index in [4.69, 9.17) is 9.84 Å². The molecule has 0 aromatic heterocycles. The van der Waals surface area contributed by atoms with Gasteiger partial charge in [0.15, 0.2) is 0 Å². The normalized spacial score (nSPS) is 37.1. The van der Waals surface area contributed by atoms with Crippen LogP contribution in [0.1, 0.15) is 6.42 Å². The molecule has 0 unspecified atom stereocenters. The number of hydrogen-bond acceptors (Lipinski definition) is 6. The van der Waals surface area contributed by atoms with Gasteiger partial charge in [-0.3, -0.25) is 4.79 Å². The van der Waals surface area contributed by atoms with Crippen LogP contribution in [0.5, 0.6) is 0 Å². The van der Waals surface area contributed by atoms with Crippen LogP contribution >= 0.6 is 0 Å². The summed E-state index contributed by atoms with van der Waals surface area (Å²) in [5, 5.41) is 27.5. The summed E-state index contributed by atoms with van der Waals surface area (Å²) in [6.07, 6.45) is -4.10. The Morgan fingerprint density at radius 1 is 1.36 bits per heavy atom. The number of rotatable bonds is 3. The Morgan fingerprint density at radius 3 is 2.36 bits per heavy atom. The largest absolute Gasteiger partial charge is 0.469 e. The first-order valence-corrected chi connectivity index (χ1v) is 4.29. The lowest BCUT2D eigenvalue weighted by molar-refractivity contribution is -0.145. The highest BCUT2D eigenvalue weighted by atomic mass is 16.6. The van der Waals surface area contributed by atoms with Crippen molar-refractivity contribution in [1.29, 1.82) is 0 Å². The monoisotopic (exact) mass is 206 g/mol. The molecule has 3 N–H and O–H groups in total. The topological polar surface area (TPSA) is 96.2 Å². The van der Waals surface area contributed by atoms with Gasteiger partial charge in [-0.05, 0) is 0 Å². The van der Waals surface area contributed by atoms with Crippen LogP contribution in [0.2, 0.25) is 0 Å². The Bertz CT molecular complexity index is 206. The van der Waals surface area contributed by atoms with Crippen LogP contribution in [0.4, 0.5) is 0 Å². The number of ether oxygens (including phenoxy) is 2. The van der Waals surface area contributed by atoms with E-state index in [0.717, 1.165) is 0 Å². The summed E-state index contributed by atoms with van der Waals surface area (Å²) in [6, 6.07) is 0. The lowest BCUT2D eigenvalue weighted by Gasteiger charge is -2.12. The molecular formula is C8H14O6. The minimum atomic E-state index is -1.16. The fourth-order valence-corrected chi connectivity index (χ4v) is 1.39. The summed E-state index contributed by atoms with van der Waals surface area (Å²) in [6.45, 7) is -0.393. The molecule has 1 rings (SSSR count). The molecule has 1 heterocycles. The Kier molecular flexibility index (Phi) is 3.82. The second-order valence-corrected chi connectivity index (χ2v) is 3.16. The van der Waals surface area contributed by atoms with Crippen molar-refractivity contribution in [2.45, 2.75) is 30.8 Å². The molecule has 6 nitrogen and oxygen atoms in total. The SMILES string of the molecule is COC(=O)C[C@H]1O[C@@H](CO)[C@@H](O)[C@@H]1O. The van der Waals surface area contributed by atoms with Gasteiger partial charge in [0, 0.05) is 0 Å². The maximum atomic E-state index is 10.9. The second kappa shape index (κ2) is 4.70. The van der Waals surface area contributed by atoms with Crippen molar-refractivity contribution in [1.82, 2.24) is 0 Å². The number of carbonyl (C=O) groups excluding carboxylic acids is 1. The highest BCUT2D eigenvalue weighted by Crippen LogP contribution is 2.23. The van der Waals surface area contributed by atoms with Gasteiger partial charge >= 0.3 is 5.97 Å². The van der Waals surface area contributed by atoms with E-state index >= 15 is 0 Å². The summed E-state index contributed by atoms with van der Waals surface area (Å²) in [5.74, 6) is -0.528. The molecule has 82 valence electrons. The molecule has 14 heavy (non-hydrogen) atoms. The van der Waals surface area contributed by atoms with Crippen LogP contribution in [0.25, 0.3) is 0 Å². The zero-order chi connectivity index (χ0) is 10.7. The molecule has 4 atom stereocenters. The summed E-state index contributed by atoms with van der Waals surface area (Å²) in [4.78, 5) is 10.9. The van der Waals surface area contributed by atoms with Crippen LogP contribution in [-0.2, 0) is 14.3 Å². The van der Waals surface area contributed by atoms with E-state index in [1.54, 1.807) is 0 Å². The predicted molar refractivity (Wildman–Crippen MR) is 44.4 cm³/mol. The number of aliphatic hydroxyl groups excluding tert-OH is 3. The van der Waals surface area contributed by atoms with Crippen LogP contribution < -0.4 is 0 Å². The van der Waals surface area contributed by atoms with Gasteiger partial charge in [0.25, 0.3) is 0 Å². The Balaban J connectivity index is 2.52. The van der Waals surface area contributed by atoms with Crippen LogP contribution in [0.3, 0.4) is 0 Å². The van der Waals surface area contributed by atoms with Crippen molar-refractivity contribution in [3.63, 3.8) is 0 Å². The van der Waals surface area contributed by atoms with E-state index in [-0.39, 0.29) is 6.42 Å². The van der Waals surface area contributed by atoms with Gasteiger partial charge in [-0.15, -0.1) is 0 Å². The molecule has 0 aromatic rings. The molecule has 1 aliphatic heterocycles. The standard InChI is InChI=1S/C8H14O6/c1-13-6(10)2-4-7(11)8(12)5(3-9)14-4/h4-5,7-9,11-12H,2-3H2,1H3/t4-,5+,7-,8-/m1/s1. The number of aliphatic hydroxyl groups is 3. The quantitative estimate of drug-likeness (QED) is 0.464. The van der Waals surface area contributed by atoms with Gasteiger partial charge in [-0.25, -0.2) is 0 Å². The van der Waals surface area contributed by atoms with Crippen LogP contribution in [0, 0.1) is 0 Å². The van der Waals surface area contributed by atoms with E-state index in [2.05, 4.69) is 4.74 Å². The van der Waals surface area contributed by atoms with Crippen molar-refractivity contribution in [2.24, 2.45) is 0 Å². The number of carbonyl (C=O) groups is 1. The van der Waals surface area contributed by atoms with Crippen molar-refractivity contribution >= 4 is 5.97 Å². The molecule has 0 amide bonds. The van der Waals surface area contributed by atoms with Gasteiger partial charge in [-0.2, -0.15) is 0 Å². The molecule has 0 spiro atoms. The van der Waals surface area contributed by atoms with Crippen LogP contribution in [0.15, 0.2) is 0 Å². The van der Waals surface area contributed by atoms with Crippen LogP contribution in [-0.4, -0.2) is 59.4 Å². The van der Waals surface area contributed by atoms with E-state index in [1.165, 1.54) is 7.11 Å². The molecule has 1 aliphatic rings. The fraction of sp³-hybridized carbons (Fsp3) is 0.875. The van der Waals surface area contributed by atoms with Crippen molar-refractivity contribution in [3.05, 3.63) is 0 Å². The molecule has 0 saturated carbocycles. The maximum absolute atomic E-state index is 10.9. The first-order valence-electron chi connectivity index (χ1n) is 4.29. The molecular weight excluding hydrogens is 192 g/mol. The van der Waals surface area contributed by atoms with E-state index in [9.17, 15) is 15.0 Å². The summed E-state index contributed by atoms with van der Waals surface area (Å²) >= 11 is 0. The van der Waals surface area contributed by atoms with E-state index in [1.807, 2.05) is 0 Å². The highest BCUT2D eigenvalue weighted by Gasteiger charge is 2.43. The Morgan fingerprint density at radius 2 is 1.93 bits per heavy atom. The van der Waals surface area contributed by atoms with Gasteiger partial charge < -0.3 is 24.8 Å². The molecule has 1 fully saturated rings. The number of hydrogen-bond donors (Lipinski definition) is 3. The molecule has 0 bridgehead atoms. The maximum Gasteiger partial charge on any atom is 0.308 e. The lowest BCUT2D eigenvalue weighted by Crippen LogP contribution is -2.34. The average Bonchev–Trinajstić information content (AvgIpc) is 2.45. The third-order valence-corrected chi connectivity index (χ3v) is 2.24. The lowest BCUT2D eigenvalue weighted by atomic mass is 10.1. The zero-order valence-corrected chi connectivity index (χ0v) is 7.79. The minimum absolute atomic E-state index is 0.134. The molecule has 0 radical (unpaired) electrons. The summed E-state index contributed by atoms with van der Waals surface area (Å²) < 4.78 is 9.45. The number of esters is 1. The first-order chi connectivity index (χ1) is 6.60. The molecule has 1 saturated heterocycles. The molecule has 6 heteroatoms. The average molecular weight is 206 g/mol. The van der Waals surface area contributed by atoms with Crippen molar-refractivity contribution in [2.75, 3.05) is 13.7 Å². The van der Waals surface area contributed by atoms with E-state index in [0.29, 0.717) is 0 Å². The van der Waals surface area contributed by atoms with Gasteiger partial charge in [-0.1, -0.05) is 0 Å². The second-order valence-electron chi connectivity index (χ2n) is 3.16. The van der Waals surface area contributed by atoms with Gasteiger partial charge in [0.05, 0.1) is 26.2 Å². The summed E-state index contributed by atoms with van der Waals surface area (Å²) in [5.41, 5.74) is 0. The summed E-state index contributed by atoms with van der Waals surface area (Å²) in [7, 11) is 1.23. The third kappa shape index (κ3) is 2.21.